The van der Waals surface area contributed by atoms with Crippen molar-refractivity contribution < 1.29 is 17.9 Å². The van der Waals surface area contributed by atoms with Gasteiger partial charge in [0.15, 0.2) is 0 Å². The Morgan fingerprint density at radius 3 is 2.93 bits per heavy atom. The van der Waals surface area contributed by atoms with Gasteiger partial charge in [0.2, 0.25) is 0 Å². The second-order valence-electron chi connectivity index (χ2n) is 2.68. The number of carbonyl (C=O) groups is 1. The third-order valence-corrected chi connectivity index (χ3v) is 3.64. The summed E-state index contributed by atoms with van der Waals surface area (Å²) in [5.41, 5.74) is 0. The minimum atomic E-state index is -0.209. The molecule has 0 radical (unpaired) electrons. The minimum absolute atomic E-state index is 0.0500. The normalized spacial score (nSPS) is 27.4. The largest absolute Gasteiger partial charge is 0.460 e. The van der Waals surface area contributed by atoms with Crippen LogP contribution in [0.2, 0.25) is 0 Å². The Morgan fingerprint density at radius 2 is 2.29 bits per heavy atom. The Hall–Kier alpha value is 1.55. The van der Waals surface area contributed by atoms with E-state index in [2.05, 4.69) is 0 Å². The van der Waals surface area contributed by atoms with E-state index in [4.69, 9.17) is 13.1 Å². The lowest BCUT2D eigenvalue weighted by Gasteiger charge is -2.26. The highest BCUT2D eigenvalue weighted by Crippen LogP contribution is 2.26. The number of carbonyl (C=O) groups excluding carboxylic acids is 1. The summed E-state index contributed by atoms with van der Waals surface area (Å²) in [4.78, 5) is 11.1. The van der Waals surface area contributed by atoms with Crippen molar-refractivity contribution in [2.24, 2.45) is 0 Å². The van der Waals surface area contributed by atoms with E-state index in [0.717, 1.165) is 0 Å². The summed E-state index contributed by atoms with van der Waals surface area (Å²) in [6.45, 7) is 0.422. The van der Waals surface area contributed by atoms with E-state index in [0.29, 0.717) is 19.4 Å². The second-order valence-corrected chi connectivity index (χ2v) is 5.52. The van der Waals surface area contributed by atoms with Crippen LogP contribution in [0.1, 0.15) is 12.8 Å². The predicted molar refractivity (Wildman–Crippen MR) is 73.2 cm³/mol. The molecular formula is C6H8I2O4S2. The minimum Gasteiger partial charge on any atom is -0.460 e. The molecule has 1 rings (SSSR count). The van der Waals surface area contributed by atoms with Crippen LogP contribution < -0.4 is 0 Å². The summed E-state index contributed by atoms with van der Waals surface area (Å²) in [5.74, 6) is -0.209. The third kappa shape index (κ3) is 5.05. The van der Waals surface area contributed by atoms with Gasteiger partial charge in [-0.25, -0.2) is 0 Å². The van der Waals surface area contributed by atoms with Crippen molar-refractivity contribution in [3.63, 3.8) is 0 Å². The number of ether oxygens (including phenoxy) is 1. The molecule has 2 atom stereocenters. The van der Waals surface area contributed by atoms with Gasteiger partial charge >= 0.3 is 5.97 Å². The molecule has 1 saturated heterocycles. The molecule has 0 amide bonds. The van der Waals surface area contributed by atoms with Gasteiger partial charge in [0, 0.05) is 48.8 Å². The standard InChI is InChI=1S/C6H8I2O4S2/c7-13-10-3-5-1-4(12-14-8)2-6(9)11-5/h4-5H,1-3H2. The molecule has 0 aromatic rings. The zero-order chi connectivity index (χ0) is 10.4. The molecule has 14 heavy (non-hydrogen) atoms. The summed E-state index contributed by atoms with van der Waals surface area (Å²) < 4.78 is 15.5. The van der Waals surface area contributed by atoms with Gasteiger partial charge in [0.05, 0.1) is 37.6 Å². The monoisotopic (exact) mass is 462 g/mol. The van der Waals surface area contributed by atoms with E-state index in [1.165, 1.54) is 18.4 Å². The topological polar surface area (TPSA) is 44.8 Å². The maximum atomic E-state index is 11.1. The zero-order valence-corrected chi connectivity index (χ0v) is 12.9. The lowest BCUT2D eigenvalue weighted by molar-refractivity contribution is -0.160. The van der Waals surface area contributed by atoms with Gasteiger partial charge in [-0.1, -0.05) is 0 Å². The van der Waals surface area contributed by atoms with Gasteiger partial charge in [-0.2, -0.15) is 0 Å². The van der Waals surface area contributed by atoms with E-state index in [1.807, 2.05) is 42.4 Å². The first-order valence-corrected chi connectivity index (χ1v) is 10.4. The fourth-order valence-corrected chi connectivity index (χ4v) is 2.95. The quantitative estimate of drug-likeness (QED) is 0.356. The molecular weight excluding hydrogens is 454 g/mol. The molecule has 0 saturated carbocycles. The van der Waals surface area contributed by atoms with E-state index >= 15 is 0 Å². The lowest BCUT2D eigenvalue weighted by Crippen LogP contribution is -2.35. The van der Waals surface area contributed by atoms with Gasteiger partial charge in [-0.3, -0.25) is 4.79 Å². The molecule has 1 heterocycles. The molecule has 0 aliphatic carbocycles. The summed E-state index contributed by atoms with van der Waals surface area (Å²) in [6.07, 6.45) is 0.820. The van der Waals surface area contributed by atoms with Crippen LogP contribution in [0.25, 0.3) is 0 Å². The average Bonchev–Trinajstić information content (AvgIpc) is 2.14. The first-order valence-electron chi connectivity index (χ1n) is 3.80. The van der Waals surface area contributed by atoms with Crippen LogP contribution in [0, 0.1) is 0 Å². The van der Waals surface area contributed by atoms with Crippen molar-refractivity contribution in [2.45, 2.75) is 25.0 Å². The highest BCUT2D eigenvalue weighted by molar-refractivity contribution is 14.2. The van der Waals surface area contributed by atoms with Crippen molar-refractivity contribution in [3.8, 4) is 0 Å². The number of halogens is 2. The Kier molecular flexibility index (Phi) is 7.55. The molecule has 82 valence electrons. The molecule has 1 fully saturated rings. The number of cyclic esters (lactones) is 1. The lowest BCUT2D eigenvalue weighted by atomic mass is 10.1. The molecule has 0 spiro atoms. The molecule has 8 heteroatoms. The number of rotatable bonds is 5. The highest BCUT2D eigenvalue weighted by Gasteiger charge is 2.29. The van der Waals surface area contributed by atoms with Gasteiger partial charge in [-0.05, 0) is 0 Å². The van der Waals surface area contributed by atoms with Crippen LogP contribution in [0.4, 0.5) is 0 Å². The fraction of sp³-hybridized carbons (Fsp3) is 0.833. The molecule has 0 aromatic carbocycles. The smallest absolute Gasteiger partial charge is 0.308 e. The predicted octanol–water partition coefficient (Wildman–Crippen LogP) is 3.09. The maximum Gasteiger partial charge on any atom is 0.308 e. The SMILES string of the molecule is O=C1CC(OSI)CC(COSI)O1. The van der Waals surface area contributed by atoms with Crippen molar-refractivity contribution in [1.82, 2.24) is 0 Å². The van der Waals surface area contributed by atoms with E-state index in [-0.39, 0.29) is 18.2 Å². The summed E-state index contributed by atoms with van der Waals surface area (Å²) in [7, 11) is 2.49. The van der Waals surface area contributed by atoms with Crippen LogP contribution in [0.5, 0.6) is 0 Å². The van der Waals surface area contributed by atoms with Gasteiger partial charge in [0.1, 0.15) is 6.10 Å². The van der Waals surface area contributed by atoms with Crippen LogP contribution >= 0.6 is 60.8 Å². The first kappa shape index (κ1) is 13.6. The maximum absolute atomic E-state index is 11.1. The fourth-order valence-electron chi connectivity index (χ4n) is 1.17. The van der Waals surface area contributed by atoms with Crippen LogP contribution in [0.15, 0.2) is 0 Å². The summed E-state index contributed by atoms with van der Waals surface area (Å²) in [5, 5.41) is 0. The van der Waals surface area contributed by atoms with Crippen molar-refractivity contribution in [2.75, 3.05) is 6.61 Å². The average molecular weight is 462 g/mol. The Bertz CT molecular complexity index is 195. The Morgan fingerprint density at radius 1 is 1.50 bits per heavy atom. The first-order chi connectivity index (χ1) is 6.76. The summed E-state index contributed by atoms with van der Waals surface area (Å²) >= 11 is 4.07. The molecule has 1 aliphatic rings. The van der Waals surface area contributed by atoms with Crippen LogP contribution in [-0.4, -0.2) is 24.8 Å². The number of hydrogen-bond donors (Lipinski definition) is 0. The zero-order valence-electron chi connectivity index (χ0n) is 6.98. The van der Waals surface area contributed by atoms with Crippen molar-refractivity contribution >= 4 is 66.8 Å². The van der Waals surface area contributed by atoms with Crippen LogP contribution in [-0.2, 0) is 17.9 Å². The Balaban J connectivity index is 2.33. The molecule has 0 aromatic heterocycles. The number of hydrogen-bond acceptors (Lipinski definition) is 6. The molecule has 1 aliphatic heterocycles. The van der Waals surface area contributed by atoms with E-state index < -0.39 is 0 Å². The third-order valence-electron chi connectivity index (χ3n) is 1.69. The van der Waals surface area contributed by atoms with Gasteiger partial charge in [0.25, 0.3) is 0 Å². The van der Waals surface area contributed by atoms with Gasteiger partial charge < -0.3 is 13.1 Å². The molecule has 4 nitrogen and oxygen atoms in total. The molecule has 0 bridgehead atoms. The van der Waals surface area contributed by atoms with Crippen molar-refractivity contribution in [3.05, 3.63) is 0 Å². The second kappa shape index (κ2) is 7.76. The van der Waals surface area contributed by atoms with E-state index in [9.17, 15) is 4.79 Å². The highest BCUT2D eigenvalue weighted by atomic mass is 127. The molecule has 0 N–H and O–H groups in total. The van der Waals surface area contributed by atoms with Gasteiger partial charge in [-0.15, -0.1) is 0 Å². The van der Waals surface area contributed by atoms with E-state index in [1.54, 1.807) is 0 Å². The number of esters is 1. The summed E-state index contributed by atoms with van der Waals surface area (Å²) in [6, 6.07) is 0. The van der Waals surface area contributed by atoms with Crippen molar-refractivity contribution in [1.29, 1.82) is 0 Å². The molecule has 2 unspecified atom stereocenters. The Labute approximate surface area is 115 Å². The van der Waals surface area contributed by atoms with Crippen LogP contribution in [0.3, 0.4) is 0 Å².